The van der Waals surface area contributed by atoms with Crippen LogP contribution in [0.2, 0.25) is 5.02 Å². The van der Waals surface area contributed by atoms with E-state index in [1.54, 1.807) is 30.1 Å². The van der Waals surface area contributed by atoms with Gasteiger partial charge < -0.3 is 10.3 Å². The summed E-state index contributed by atoms with van der Waals surface area (Å²) in [4.78, 5) is 9.36. The van der Waals surface area contributed by atoms with Crippen molar-refractivity contribution >= 4 is 29.2 Å². The van der Waals surface area contributed by atoms with Gasteiger partial charge in [-0.25, -0.2) is 4.98 Å². The second-order valence-corrected chi connectivity index (χ2v) is 5.65. The van der Waals surface area contributed by atoms with E-state index in [0.717, 1.165) is 10.5 Å². The smallest absolute Gasteiger partial charge is 0.237 e. The van der Waals surface area contributed by atoms with Crippen molar-refractivity contribution in [1.82, 2.24) is 15.1 Å². The molecule has 0 saturated carbocycles. The Kier molecular flexibility index (Phi) is 4.08. The van der Waals surface area contributed by atoms with Crippen molar-refractivity contribution in [2.75, 3.05) is 5.73 Å². The third kappa shape index (κ3) is 3.34. The number of anilines is 1. The molecule has 21 heavy (non-hydrogen) atoms. The van der Waals surface area contributed by atoms with Gasteiger partial charge in [0.25, 0.3) is 0 Å². The van der Waals surface area contributed by atoms with Crippen molar-refractivity contribution in [2.24, 2.45) is 0 Å². The number of hydrogen-bond donors (Lipinski definition) is 1. The summed E-state index contributed by atoms with van der Waals surface area (Å²) in [6, 6.07) is 11.0. The first kappa shape index (κ1) is 13.9. The molecule has 2 N–H and O–H groups in total. The van der Waals surface area contributed by atoms with Gasteiger partial charge in [0.2, 0.25) is 11.7 Å². The molecule has 5 nitrogen and oxygen atoms in total. The Bertz CT molecular complexity index is 745. The van der Waals surface area contributed by atoms with Crippen molar-refractivity contribution in [3.05, 3.63) is 53.5 Å². The Morgan fingerprint density at radius 3 is 2.81 bits per heavy atom. The molecule has 0 aliphatic rings. The first-order valence-electron chi connectivity index (χ1n) is 6.14. The minimum Gasteiger partial charge on any atom is -0.384 e. The normalized spacial score (nSPS) is 10.7. The van der Waals surface area contributed by atoms with Gasteiger partial charge in [0.15, 0.2) is 0 Å². The predicted octanol–water partition coefficient (Wildman–Crippen LogP) is 3.66. The van der Waals surface area contributed by atoms with Crippen LogP contribution in [0.1, 0.15) is 5.89 Å². The molecule has 0 atom stereocenters. The lowest BCUT2D eigenvalue weighted by Crippen LogP contribution is -1.88. The number of nitrogens with two attached hydrogens (primary N) is 1. The van der Waals surface area contributed by atoms with Crippen molar-refractivity contribution in [2.45, 2.75) is 10.6 Å². The SMILES string of the molecule is Nc1ccc(SCc2nc(-c3ccccc3Cl)no2)cn1. The summed E-state index contributed by atoms with van der Waals surface area (Å²) < 4.78 is 5.23. The highest BCUT2D eigenvalue weighted by atomic mass is 35.5. The zero-order valence-corrected chi connectivity index (χ0v) is 12.4. The van der Waals surface area contributed by atoms with Gasteiger partial charge in [0.1, 0.15) is 5.82 Å². The molecule has 3 aromatic rings. The van der Waals surface area contributed by atoms with Crippen LogP contribution in [0.3, 0.4) is 0 Å². The summed E-state index contributed by atoms with van der Waals surface area (Å²) in [5.41, 5.74) is 6.30. The quantitative estimate of drug-likeness (QED) is 0.740. The van der Waals surface area contributed by atoms with Crippen LogP contribution in [0, 0.1) is 0 Å². The fourth-order valence-electron chi connectivity index (χ4n) is 1.69. The van der Waals surface area contributed by atoms with Gasteiger partial charge in [-0.05, 0) is 24.3 Å². The number of rotatable bonds is 4. The summed E-state index contributed by atoms with van der Waals surface area (Å²) >= 11 is 7.66. The molecule has 0 aliphatic heterocycles. The van der Waals surface area contributed by atoms with Gasteiger partial charge in [-0.3, -0.25) is 0 Å². The van der Waals surface area contributed by atoms with E-state index in [4.69, 9.17) is 21.9 Å². The number of benzene rings is 1. The van der Waals surface area contributed by atoms with Gasteiger partial charge in [-0.15, -0.1) is 11.8 Å². The highest BCUT2D eigenvalue weighted by molar-refractivity contribution is 7.98. The maximum Gasteiger partial charge on any atom is 0.237 e. The van der Waals surface area contributed by atoms with Crippen LogP contribution in [0.15, 0.2) is 52.0 Å². The fraction of sp³-hybridized carbons (Fsp3) is 0.0714. The van der Waals surface area contributed by atoms with Gasteiger partial charge in [-0.2, -0.15) is 4.98 Å². The summed E-state index contributed by atoms with van der Waals surface area (Å²) in [7, 11) is 0. The number of nitrogens with zero attached hydrogens (tertiary/aromatic N) is 3. The van der Waals surface area contributed by atoms with E-state index in [1.165, 1.54) is 0 Å². The van der Waals surface area contributed by atoms with Gasteiger partial charge in [0, 0.05) is 16.7 Å². The first-order chi connectivity index (χ1) is 10.2. The van der Waals surface area contributed by atoms with Crippen LogP contribution in [0.5, 0.6) is 0 Å². The highest BCUT2D eigenvalue weighted by Gasteiger charge is 2.11. The van der Waals surface area contributed by atoms with Crippen molar-refractivity contribution < 1.29 is 4.52 Å². The maximum absolute atomic E-state index is 6.11. The van der Waals surface area contributed by atoms with Crippen LogP contribution >= 0.6 is 23.4 Å². The molecule has 1 aromatic carbocycles. The molecular weight excluding hydrogens is 308 g/mol. The standard InChI is InChI=1S/C14H11ClN4OS/c15-11-4-2-1-3-10(11)14-18-13(20-19-14)8-21-9-5-6-12(16)17-7-9/h1-7H,8H2,(H2,16,17). The van der Waals surface area contributed by atoms with E-state index >= 15 is 0 Å². The molecule has 7 heteroatoms. The van der Waals surface area contributed by atoms with E-state index in [1.807, 2.05) is 24.3 Å². The van der Waals surface area contributed by atoms with Crippen molar-refractivity contribution in [1.29, 1.82) is 0 Å². The third-order valence-electron chi connectivity index (χ3n) is 2.70. The molecule has 2 aromatic heterocycles. The Morgan fingerprint density at radius 1 is 1.19 bits per heavy atom. The lowest BCUT2D eigenvalue weighted by Gasteiger charge is -1.98. The van der Waals surface area contributed by atoms with E-state index in [0.29, 0.717) is 28.3 Å². The van der Waals surface area contributed by atoms with Crippen molar-refractivity contribution in [3.63, 3.8) is 0 Å². The van der Waals surface area contributed by atoms with Crippen LogP contribution in [0.4, 0.5) is 5.82 Å². The van der Waals surface area contributed by atoms with Gasteiger partial charge >= 0.3 is 0 Å². The molecule has 0 saturated heterocycles. The van der Waals surface area contributed by atoms with Gasteiger partial charge in [0.05, 0.1) is 10.8 Å². The molecule has 2 heterocycles. The Morgan fingerprint density at radius 2 is 2.05 bits per heavy atom. The van der Waals surface area contributed by atoms with Gasteiger partial charge in [-0.1, -0.05) is 28.9 Å². The molecule has 0 spiro atoms. The Labute approximate surface area is 130 Å². The average Bonchev–Trinajstić information content (AvgIpc) is 2.96. The number of halogens is 1. The molecular formula is C14H11ClN4OS. The second kappa shape index (κ2) is 6.15. The van der Waals surface area contributed by atoms with E-state index in [2.05, 4.69) is 15.1 Å². The number of nitrogen functional groups attached to an aromatic ring is 1. The lowest BCUT2D eigenvalue weighted by molar-refractivity contribution is 0.391. The highest BCUT2D eigenvalue weighted by Crippen LogP contribution is 2.27. The minimum atomic E-state index is 0.492. The minimum absolute atomic E-state index is 0.492. The topological polar surface area (TPSA) is 77.8 Å². The molecule has 0 bridgehead atoms. The van der Waals surface area contributed by atoms with Crippen molar-refractivity contribution in [3.8, 4) is 11.4 Å². The zero-order chi connectivity index (χ0) is 14.7. The number of thioether (sulfide) groups is 1. The Hall–Kier alpha value is -2.05. The molecule has 0 unspecified atom stereocenters. The average molecular weight is 319 g/mol. The summed E-state index contributed by atoms with van der Waals surface area (Å²) in [5, 5.41) is 4.55. The van der Waals surface area contributed by atoms with E-state index in [9.17, 15) is 0 Å². The Balaban J connectivity index is 1.71. The van der Waals surface area contributed by atoms with Crippen LogP contribution in [-0.2, 0) is 5.75 Å². The molecule has 0 radical (unpaired) electrons. The van der Waals surface area contributed by atoms with Crippen LogP contribution < -0.4 is 5.73 Å². The number of hydrogen-bond acceptors (Lipinski definition) is 6. The zero-order valence-electron chi connectivity index (χ0n) is 10.9. The monoisotopic (exact) mass is 318 g/mol. The predicted molar refractivity (Wildman–Crippen MR) is 83.0 cm³/mol. The summed E-state index contributed by atoms with van der Waals surface area (Å²) in [6.07, 6.45) is 1.71. The van der Waals surface area contributed by atoms with E-state index in [-0.39, 0.29) is 0 Å². The van der Waals surface area contributed by atoms with E-state index < -0.39 is 0 Å². The van der Waals surface area contributed by atoms with Crippen LogP contribution in [0.25, 0.3) is 11.4 Å². The number of aromatic nitrogens is 3. The van der Waals surface area contributed by atoms with Crippen LogP contribution in [-0.4, -0.2) is 15.1 Å². The molecule has 0 amide bonds. The molecule has 3 rings (SSSR count). The molecule has 0 fully saturated rings. The largest absolute Gasteiger partial charge is 0.384 e. The molecule has 106 valence electrons. The summed E-state index contributed by atoms with van der Waals surface area (Å²) in [6.45, 7) is 0. The third-order valence-corrected chi connectivity index (χ3v) is 4.00. The molecule has 0 aliphatic carbocycles. The second-order valence-electron chi connectivity index (χ2n) is 4.20. The lowest BCUT2D eigenvalue weighted by atomic mass is 10.2. The number of pyridine rings is 1. The summed E-state index contributed by atoms with van der Waals surface area (Å²) in [5.74, 6) is 2.08. The first-order valence-corrected chi connectivity index (χ1v) is 7.50. The maximum atomic E-state index is 6.11. The fourth-order valence-corrected chi connectivity index (χ4v) is 2.61.